The molecule has 1 heterocycles. The molecule has 0 aliphatic rings. The van der Waals surface area contributed by atoms with Crippen molar-refractivity contribution in [3.8, 4) is 0 Å². The van der Waals surface area contributed by atoms with E-state index in [1.165, 1.54) is 0 Å². The number of carbonyl (C=O) groups excluding carboxylic acids is 1. The molecule has 0 saturated heterocycles. The molecule has 0 bridgehead atoms. The van der Waals surface area contributed by atoms with Crippen molar-refractivity contribution in [1.29, 1.82) is 0 Å². The van der Waals surface area contributed by atoms with Gasteiger partial charge in [-0.2, -0.15) is 5.10 Å². The molecule has 0 saturated carbocycles. The maximum Gasteiger partial charge on any atom is 0.256 e. The van der Waals surface area contributed by atoms with Crippen LogP contribution in [0, 0.1) is 0 Å². The first-order chi connectivity index (χ1) is 9.41. The molecule has 1 aromatic heterocycles. The van der Waals surface area contributed by atoms with Crippen LogP contribution in [-0.4, -0.2) is 37.2 Å². The van der Waals surface area contributed by atoms with Crippen molar-refractivity contribution in [2.45, 2.75) is 0 Å². The highest BCUT2D eigenvalue weighted by molar-refractivity contribution is 6.02. The molecule has 0 atom stereocenters. The number of rotatable bonds is 4. The zero-order valence-electron chi connectivity index (χ0n) is 11.7. The van der Waals surface area contributed by atoms with Gasteiger partial charge in [-0.25, -0.2) is 0 Å². The Morgan fingerprint density at radius 3 is 2.20 bits per heavy atom. The van der Waals surface area contributed by atoms with Gasteiger partial charge in [0.15, 0.2) is 5.82 Å². The maximum absolute atomic E-state index is 11.4. The molecule has 2 aromatic rings. The Hall–Kier alpha value is -2.70. The standard InChI is InChI=1S/C13H18N6O/c1-18(2)8-4-6-9(7-5-8)19(3)13-10(12(15)20)11(14)16-17-13/h4-7H,1-3H3,(H2,15,20)(H3,14,16,17). The van der Waals surface area contributed by atoms with Gasteiger partial charge in [-0.1, -0.05) is 0 Å². The van der Waals surface area contributed by atoms with E-state index in [0.717, 1.165) is 11.4 Å². The summed E-state index contributed by atoms with van der Waals surface area (Å²) < 4.78 is 0. The number of primary amides is 1. The smallest absolute Gasteiger partial charge is 0.256 e. The summed E-state index contributed by atoms with van der Waals surface area (Å²) in [5.41, 5.74) is 13.2. The van der Waals surface area contributed by atoms with Crippen LogP contribution in [0.1, 0.15) is 10.4 Å². The third kappa shape index (κ3) is 2.37. The molecule has 7 nitrogen and oxygen atoms in total. The van der Waals surface area contributed by atoms with Crippen molar-refractivity contribution in [3.05, 3.63) is 29.8 Å². The molecule has 0 radical (unpaired) electrons. The second kappa shape index (κ2) is 5.12. The van der Waals surface area contributed by atoms with Crippen molar-refractivity contribution < 1.29 is 4.79 Å². The predicted octanol–water partition coefficient (Wildman–Crippen LogP) is 0.925. The number of benzene rings is 1. The van der Waals surface area contributed by atoms with Gasteiger partial charge in [-0.3, -0.25) is 9.89 Å². The van der Waals surface area contributed by atoms with Crippen LogP contribution in [0.2, 0.25) is 0 Å². The van der Waals surface area contributed by atoms with Gasteiger partial charge in [0.2, 0.25) is 0 Å². The van der Waals surface area contributed by atoms with E-state index < -0.39 is 5.91 Å². The highest BCUT2D eigenvalue weighted by Gasteiger charge is 2.20. The van der Waals surface area contributed by atoms with Gasteiger partial charge in [0.25, 0.3) is 5.91 Å². The minimum atomic E-state index is -0.608. The molecule has 5 N–H and O–H groups in total. The summed E-state index contributed by atoms with van der Waals surface area (Å²) in [6.45, 7) is 0. The Morgan fingerprint density at radius 2 is 1.70 bits per heavy atom. The summed E-state index contributed by atoms with van der Waals surface area (Å²) >= 11 is 0. The fraction of sp³-hybridized carbons (Fsp3) is 0.231. The second-order valence-electron chi connectivity index (χ2n) is 4.67. The van der Waals surface area contributed by atoms with Crippen molar-refractivity contribution in [1.82, 2.24) is 10.2 Å². The minimum Gasteiger partial charge on any atom is -0.383 e. The van der Waals surface area contributed by atoms with E-state index in [2.05, 4.69) is 10.2 Å². The number of nitrogens with two attached hydrogens (primary N) is 2. The molecule has 1 amide bonds. The lowest BCUT2D eigenvalue weighted by molar-refractivity contribution is 0.100. The Bertz CT molecular complexity index is 616. The van der Waals surface area contributed by atoms with E-state index in [0.29, 0.717) is 5.82 Å². The van der Waals surface area contributed by atoms with Crippen molar-refractivity contribution in [2.75, 3.05) is 36.7 Å². The van der Waals surface area contributed by atoms with E-state index in [1.54, 1.807) is 11.9 Å². The van der Waals surface area contributed by atoms with E-state index in [9.17, 15) is 4.79 Å². The van der Waals surface area contributed by atoms with Gasteiger partial charge in [0, 0.05) is 32.5 Å². The zero-order chi connectivity index (χ0) is 14.9. The molecular formula is C13H18N6O. The topological polar surface area (TPSA) is 104 Å². The van der Waals surface area contributed by atoms with Crippen LogP contribution in [0.4, 0.5) is 23.0 Å². The Kier molecular flexibility index (Phi) is 3.51. The number of carbonyl (C=O) groups is 1. The number of amides is 1. The largest absolute Gasteiger partial charge is 0.383 e. The number of nitrogen functional groups attached to an aromatic ring is 1. The second-order valence-corrected chi connectivity index (χ2v) is 4.67. The van der Waals surface area contributed by atoms with Crippen LogP contribution in [0.15, 0.2) is 24.3 Å². The Labute approximate surface area is 117 Å². The van der Waals surface area contributed by atoms with Gasteiger partial charge < -0.3 is 21.3 Å². The number of H-pyrrole nitrogens is 1. The molecular weight excluding hydrogens is 256 g/mol. The molecule has 0 aliphatic carbocycles. The Morgan fingerprint density at radius 1 is 1.15 bits per heavy atom. The maximum atomic E-state index is 11.4. The molecule has 1 aromatic carbocycles. The molecule has 0 aliphatic heterocycles. The van der Waals surface area contributed by atoms with Gasteiger partial charge in [-0.05, 0) is 24.3 Å². The lowest BCUT2D eigenvalue weighted by Gasteiger charge is -2.19. The molecule has 7 heteroatoms. The molecule has 106 valence electrons. The number of aromatic nitrogens is 2. The lowest BCUT2D eigenvalue weighted by atomic mass is 10.2. The zero-order valence-corrected chi connectivity index (χ0v) is 11.7. The van der Waals surface area contributed by atoms with Crippen molar-refractivity contribution in [3.63, 3.8) is 0 Å². The number of hydrogen-bond donors (Lipinski definition) is 3. The number of nitrogens with one attached hydrogen (secondary N) is 1. The number of anilines is 4. The Balaban J connectivity index is 2.36. The van der Waals surface area contributed by atoms with Crippen LogP contribution < -0.4 is 21.3 Å². The predicted molar refractivity (Wildman–Crippen MR) is 80.4 cm³/mol. The first kappa shape index (κ1) is 13.7. The van der Waals surface area contributed by atoms with Crippen LogP contribution in [-0.2, 0) is 0 Å². The summed E-state index contributed by atoms with van der Waals surface area (Å²) in [4.78, 5) is 15.2. The lowest BCUT2D eigenvalue weighted by Crippen LogP contribution is -2.18. The molecule has 0 unspecified atom stereocenters. The highest BCUT2D eigenvalue weighted by atomic mass is 16.1. The van der Waals surface area contributed by atoms with Gasteiger partial charge in [0.05, 0.1) is 0 Å². The van der Waals surface area contributed by atoms with Crippen LogP contribution >= 0.6 is 0 Å². The van der Waals surface area contributed by atoms with Crippen LogP contribution in [0.5, 0.6) is 0 Å². The first-order valence-corrected chi connectivity index (χ1v) is 6.06. The quantitative estimate of drug-likeness (QED) is 0.769. The third-order valence-corrected chi connectivity index (χ3v) is 3.09. The number of aromatic amines is 1. The highest BCUT2D eigenvalue weighted by Crippen LogP contribution is 2.28. The van der Waals surface area contributed by atoms with E-state index in [1.807, 2.05) is 43.3 Å². The van der Waals surface area contributed by atoms with E-state index >= 15 is 0 Å². The molecule has 0 fully saturated rings. The van der Waals surface area contributed by atoms with E-state index in [-0.39, 0.29) is 11.4 Å². The average Bonchev–Trinajstić information content (AvgIpc) is 2.80. The molecule has 20 heavy (non-hydrogen) atoms. The number of nitrogens with zero attached hydrogens (tertiary/aromatic N) is 3. The summed E-state index contributed by atoms with van der Waals surface area (Å²) in [5.74, 6) is -0.0279. The molecule has 0 spiro atoms. The minimum absolute atomic E-state index is 0.171. The number of hydrogen-bond acceptors (Lipinski definition) is 5. The fourth-order valence-corrected chi connectivity index (χ4v) is 1.93. The van der Waals surface area contributed by atoms with Gasteiger partial charge >= 0.3 is 0 Å². The first-order valence-electron chi connectivity index (χ1n) is 6.06. The van der Waals surface area contributed by atoms with Crippen LogP contribution in [0.25, 0.3) is 0 Å². The third-order valence-electron chi connectivity index (χ3n) is 3.09. The van der Waals surface area contributed by atoms with Crippen molar-refractivity contribution >= 4 is 28.9 Å². The van der Waals surface area contributed by atoms with Crippen LogP contribution in [0.3, 0.4) is 0 Å². The van der Waals surface area contributed by atoms with Gasteiger partial charge in [0.1, 0.15) is 11.4 Å². The summed E-state index contributed by atoms with van der Waals surface area (Å²) in [6, 6.07) is 7.83. The average molecular weight is 274 g/mol. The summed E-state index contributed by atoms with van der Waals surface area (Å²) in [5, 5.41) is 6.61. The normalized spacial score (nSPS) is 10.3. The van der Waals surface area contributed by atoms with Crippen molar-refractivity contribution in [2.24, 2.45) is 5.73 Å². The SMILES string of the molecule is CN(C)c1ccc(N(C)c2n[nH]c(N)c2C(N)=O)cc1. The monoisotopic (exact) mass is 274 g/mol. The van der Waals surface area contributed by atoms with E-state index in [4.69, 9.17) is 11.5 Å². The molecule has 2 rings (SSSR count). The summed E-state index contributed by atoms with van der Waals surface area (Å²) in [6.07, 6.45) is 0. The summed E-state index contributed by atoms with van der Waals surface area (Å²) in [7, 11) is 5.74. The fourth-order valence-electron chi connectivity index (χ4n) is 1.93. The van der Waals surface area contributed by atoms with Gasteiger partial charge in [-0.15, -0.1) is 0 Å².